The van der Waals surface area contributed by atoms with E-state index in [1.807, 2.05) is 13.8 Å². The molecule has 7 nitrogen and oxygen atoms in total. The van der Waals surface area contributed by atoms with Crippen LogP contribution in [0.5, 0.6) is 0 Å². The number of benzene rings is 1. The summed E-state index contributed by atoms with van der Waals surface area (Å²) in [6.07, 6.45) is 0. The number of carbonyl (C=O) groups excluding carboxylic acids is 2. The smallest absolute Gasteiger partial charge is 0.319 e. The summed E-state index contributed by atoms with van der Waals surface area (Å²) in [6.45, 7) is 5.39. The number of nitrogens with zero attached hydrogens (tertiary/aromatic N) is 1. The number of hydrogen-bond donors (Lipinski definition) is 3. The molecular formula is C16H23N3O4. The monoisotopic (exact) mass is 321 g/mol. The van der Waals surface area contributed by atoms with E-state index in [0.717, 1.165) is 0 Å². The second kappa shape index (κ2) is 8.17. The van der Waals surface area contributed by atoms with E-state index in [9.17, 15) is 14.4 Å². The Balaban J connectivity index is 2.66. The summed E-state index contributed by atoms with van der Waals surface area (Å²) in [7, 11) is 1.56. The van der Waals surface area contributed by atoms with E-state index in [1.54, 1.807) is 38.2 Å². The second-order valence-electron chi connectivity index (χ2n) is 5.76. The largest absolute Gasteiger partial charge is 0.481 e. The van der Waals surface area contributed by atoms with Crippen molar-refractivity contribution in [3.8, 4) is 0 Å². The molecule has 0 aliphatic heterocycles. The van der Waals surface area contributed by atoms with Gasteiger partial charge in [-0.3, -0.25) is 9.59 Å². The minimum atomic E-state index is -0.944. The maximum absolute atomic E-state index is 12.2. The van der Waals surface area contributed by atoms with Crippen LogP contribution < -0.4 is 10.6 Å². The van der Waals surface area contributed by atoms with Gasteiger partial charge in [-0.2, -0.15) is 0 Å². The Morgan fingerprint density at radius 1 is 1.13 bits per heavy atom. The van der Waals surface area contributed by atoms with E-state index in [0.29, 0.717) is 11.3 Å². The molecule has 0 radical (unpaired) electrons. The molecule has 0 heterocycles. The van der Waals surface area contributed by atoms with Crippen LogP contribution >= 0.6 is 0 Å². The van der Waals surface area contributed by atoms with Gasteiger partial charge in [-0.25, -0.2) is 4.79 Å². The van der Waals surface area contributed by atoms with Gasteiger partial charge in [-0.1, -0.05) is 6.92 Å². The molecule has 23 heavy (non-hydrogen) atoms. The Hall–Kier alpha value is -2.57. The summed E-state index contributed by atoms with van der Waals surface area (Å²) in [5, 5.41) is 14.2. The van der Waals surface area contributed by atoms with Gasteiger partial charge in [0.15, 0.2) is 0 Å². The summed E-state index contributed by atoms with van der Waals surface area (Å²) in [5.41, 5.74) is 1.00. The van der Waals surface area contributed by atoms with E-state index in [-0.39, 0.29) is 24.5 Å². The van der Waals surface area contributed by atoms with Gasteiger partial charge in [-0.15, -0.1) is 0 Å². The van der Waals surface area contributed by atoms with Crippen molar-refractivity contribution >= 4 is 23.6 Å². The average molecular weight is 321 g/mol. The first-order chi connectivity index (χ1) is 10.7. The van der Waals surface area contributed by atoms with Crippen molar-refractivity contribution in [1.82, 2.24) is 10.2 Å². The number of rotatable bonds is 6. The van der Waals surface area contributed by atoms with Gasteiger partial charge in [0.05, 0.1) is 5.92 Å². The van der Waals surface area contributed by atoms with E-state index < -0.39 is 11.9 Å². The molecule has 1 atom stereocenters. The van der Waals surface area contributed by atoms with Crippen molar-refractivity contribution in [3.63, 3.8) is 0 Å². The molecule has 126 valence electrons. The lowest BCUT2D eigenvalue weighted by Crippen LogP contribution is -2.34. The van der Waals surface area contributed by atoms with Crippen molar-refractivity contribution in [1.29, 1.82) is 0 Å². The lowest BCUT2D eigenvalue weighted by Gasteiger charge is -2.19. The fraction of sp³-hybridized carbons (Fsp3) is 0.438. The molecule has 0 fully saturated rings. The first-order valence-corrected chi connectivity index (χ1v) is 7.36. The number of nitrogens with one attached hydrogen (secondary N) is 2. The van der Waals surface area contributed by atoms with Crippen molar-refractivity contribution in [3.05, 3.63) is 29.8 Å². The first-order valence-electron chi connectivity index (χ1n) is 7.36. The minimum Gasteiger partial charge on any atom is -0.481 e. The van der Waals surface area contributed by atoms with Crippen LogP contribution in [0.1, 0.15) is 31.1 Å². The number of carbonyl (C=O) groups is 3. The highest BCUT2D eigenvalue weighted by atomic mass is 16.4. The lowest BCUT2D eigenvalue weighted by molar-refractivity contribution is -0.141. The van der Waals surface area contributed by atoms with E-state index >= 15 is 0 Å². The molecule has 1 aromatic rings. The fourth-order valence-corrected chi connectivity index (χ4v) is 1.92. The molecule has 0 aliphatic carbocycles. The highest BCUT2D eigenvalue weighted by Crippen LogP contribution is 2.12. The highest BCUT2D eigenvalue weighted by molar-refractivity contribution is 5.95. The molecule has 0 saturated carbocycles. The summed E-state index contributed by atoms with van der Waals surface area (Å²) < 4.78 is 0. The maximum Gasteiger partial charge on any atom is 0.319 e. The van der Waals surface area contributed by atoms with Crippen LogP contribution in [0.2, 0.25) is 0 Å². The molecule has 1 rings (SSSR count). The zero-order valence-corrected chi connectivity index (χ0v) is 13.8. The third kappa shape index (κ3) is 5.98. The Kier molecular flexibility index (Phi) is 6.56. The Morgan fingerprint density at radius 3 is 2.17 bits per heavy atom. The third-order valence-corrected chi connectivity index (χ3v) is 3.13. The predicted octanol–water partition coefficient (Wildman–Crippen LogP) is 2.01. The molecule has 7 heteroatoms. The Labute approximate surface area is 135 Å². The number of anilines is 1. The highest BCUT2D eigenvalue weighted by Gasteiger charge is 2.18. The van der Waals surface area contributed by atoms with E-state index in [4.69, 9.17) is 5.11 Å². The normalized spacial score (nSPS) is 11.7. The van der Waals surface area contributed by atoms with Gasteiger partial charge in [0.25, 0.3) is 5.91 Å². The molecule has 3 amide bonds. The number of amides is 3. The molecule has 3 N–H and O–H groups in total. The van der Waals surface area contributed by atoms with Crippen LogP contribution in [0, 0.1) is 5.92 Å². The van der Waals surface area contributed by atoms with Crippen molar-refractivity contribution in [2.24, 2.45) is 5.92 Å². The SMILES string of the molecule is CC(C)NC(=O)Nc1ccc(C(=O)N(C)CC(C)C(=O)O)cc1. The summed E-state index contributed by atoms with van der Waals surface area (Å²) >= 11 is 0. The van der Waals surface area contributed by atoms with Crippen LogP contribution in [0.4, 0.5) is 10.5 Å². The fourth-order valence-electron chi connectivity index (χ4n) is 1.92. The molecule has 0 spiro atoms. The second-order valence-corrected chi connectivity index (χ2v) is 5.76. The molecule has 0 saturated heterocycles. The topological polar surface area (TPSA) is 98.7 Å². The first kappa shape index (κ1) is 18.5. The molecular weight excluding hydrogens is 298 g/mol. The quantitative estimate of drug-likeness (QED) is 0.746. The van der Waals surface area contributed by atoms with Crippen LogP contribution in [0.15, 0.2) is 24.3 Å². The standard InChI is InChI=1S/C16H23N3O4/c1-10(2)17-16(23)18-13-7-5-12(6-8-13)14(20)19(4)9-11(3)15(21)22/h5-8,10-11H,9H2,1-4H3,(H,21,22)(H2,17,18,23). The third-order valence-electron chi connectivity index (χ3n) is 3.13. The summed E-state index contributed by atoms with van der Waals surface area (Å²) in [5.74, 6) is -1.85. The Bertz CT molecular complexity index is 569. The van der Waals surface area contributed by atoms with Gasteiger partial charge in [-0.05, 0) is 38.1 Å². The molecule has 1 unspecified atom stereocenters. The van der Waals surface area contributed by atoms with Crippen LogP contribution in [-0.4, -0.2) is 47.5 Å². The number of carboxylic acids is 1. The van der Waals surface area contributed by atoms with Gasteiger partial charge in [0.1, 0.15) is 0 Å². The van der Waals surface area contributed by atoms with Crippen molar-refractivity contribution in [2.45, 2.75) is 26.8 Å². The van der Waals surface area contributed by atoms with E-state index in [1.165, 1.54) is 4.90 Å². The van der Waals surface area contributed by atoms with Gasteiger partial charge < -0.3 is 20.6 Å². The molecule has 0 bridgehead atoms. The number of carboxylic acid groups (broad SMARTS) is 1. The number of urea groups is 1. The predicted molar refractivity (Wildman–Crippen MR) is 87.5 cm³/mol. The summed E-state index contributed by atoms with van der Waals surface area (Å²) in [6, 6.07) is 6.15. The lowest BCUT2D eigenvalue weighted by atomic mass is 10.1. The van der Waals surface area contributed by atoms with Gasteiger partial charge in [0.2, 0.25) is 0 Å². The average Bonchev–Trinajstić information content (AvgIpc) is 2.46. The molecule has 0 aliphatic rings. The van der Waals surface area contributed by atoms with Crippen LogP contribution in [0.25, 0.3) is 0 Å². The zero-order valence-electron chi connectivity index (χ0n) is 13.8. The van der Waals surface area contributed by atoms with Crippen molar-refractivity contribution in [2.75, 3.05) is 18.9 Å². The van der Waals surface area contributed by atoms with Crippen LogP contribution in [0.3, 0.4) is 0 Å². The van der Waals surface area contributed by atoms with Gasteiger partial charge >= 0.3 is 12.0 Å². The maximum atomic E-state index is 12.2. The van der Waals surface area contributed by atoms with E-state index in [2.05, 4.69) is 10.6 Å². The van der Waals surface area contributed by atoms with Gasteiger partial charge in [0, 0.05) is 30.9 Å². The number of aliphatic carboxylic acids is 1. The molecule has 1 aromatic carbocycles. The van der Waals surface area contributed by atoms with Crippen molar-refractivity contribution < 1.29 is 19.5 Å². The summed E-state index contributed by atoms with van der Waals surface area (Å²) in [4.78, 5) is 36.0. The molecule has 0 aromatic heterocycles. The zero-order chi connectivity index (χ0) is 17.6. The van der Waals surface area contributed by atoms with Crippen LogP contribution in [-0.2, 0) is 4.79 Å². The number of hydrogen-bond acceptors (Lipinski definition) is 3. The minimum absolute atomic E-state index is 0.0284. The Morgan fingerprint density at radius 2 is 1.70 bits per heavy atom.